The normalized spacial score (nSPS) is 12.7. The highest BCUT2D eigenvalue weighted by atomic mass is 32.2. The zero-order valence-corrected chi connectivity index (χ0v) is 16.7. The van der Waals surface area contributed by atoms with Crippen LogP contribution in [-0.2, 0) is 19.6 Å². The van der Waals surface area contributed by atoms with Crippen molar-refractivity contribution < 1.29 is 18.0 Å². The van der Waals surface area contributed by atoms with Crippen molar-refractivity contribution in [2.75, 3.05) is 13.1 Å². The summed E-state index contributed by atoms with van der Waals surface area (Å²) in [6.07, 6.45) is 1.12. The topological polar surface area (TPSA) is 104 Å². The second kappa shape index (κ2) is 10.3. The molecule has 0 spiro atoms. The van der Waals surface area contributed by atoms with Gasteiger partial charge in [-0.1, -0.05) is 38.5 Å². The number of nitrogens with one attached hydrogen (secondary N) is 3. The number of carbonyl (C=O) groups excluding carboxylic acids is 2. The third kappa shape index (κ3) is 7.53. The van der Waals surface area contributed by atoms with Crippen molar-refractivity contribution in [3.63, 3.8) is 0 Å². The number of aryl methyl sites for hydroxylation is 1. The molecule has 2 amide bonds. The number of hydrogen-bond acceptors (Lipinski definition) is 4. The molecule has 1 rings (SSSR count). The molecule has 3 N–H and O–H groups in total. The van der Waals surface area contributed by atoms with Gasteiger partial charge in [0.25, 0.3) is 0 Å². The van der Waals surface area contributed by atoms with Crippen molar-refractivity contribution in [3.8, 4) is 0 Å². The summed E-state index contributed by atoms with van der Waals surface area (Å²) in [4.78, 5) is 24.1. The van der Waals surface area contributed by atoms with E-state index in [0.717, 1.165) is 12.0 Å². The first-order valence-corrected chi connectivity index (χ1v) is 10.3. The maximum Gasteiger partial charge on any atom is 0.241 e. The molecular formula is C18H29N3O4S. The first-order valence-electron chi connectivity index (χ1n) is 8.79. The summed E-state index contributed by atoms with van der Waals surface area (Å²) in [5, 5.41) is 5.16. The van der Waals surface area contributed by atoms with Crippen LogP contribution in [0.1, 0.15) is 39.2 Å². The lowest BCUT2D eigenvalue weighted by atomic mass is 10.0. The molecule has 146 valence electrons. The summed E-state index contributed by atoms with van der Waals surface area (Å²) in [7, 11) is -3.83. The summed E-state index contributed by atoms with van der Waals surface area (Å²) in [6, 6.07) is 5.45. The van der Waals surface area contributed by atoms with Crippen LogP contribution < -0.4 is 15.4 Å². The van der Waals surface area contributed by atoms with E-state index in [1.165, 1.54) is 12.1 Å². The third-order valence-corrected chi connectivity index (χ3v) is 5.14. The molecule has 1 atom stereocenters. The quantitative estimate of drug-likeness (QED) is 0.567. The van der Waals surface area contributed by atoms with E-state index in [1.807, 2.05) is 27.7 Å². The molecule has 1 aromatic carbocycles. The summed E-state index contributed by atoms with van der Waals surface area (Å²) in [6.45, 7) is 7.94. The lowest BCUT2D eigenvalue weighted by Gasteiger charge is -2.20. The molecule has 0 aromatic heterocycles. The Morgan fingerprint density at radius 3 is 2.23 bits per heavy atom. The van der Waals surface area contributed by atoms with Gasteiger partial charge < -0.3 is 10.6 Å². The van der Waals surface area contributed by atoms with Crippen LogP contribution >= 0.6 is 0 Å². The van der Waals surface area contributed by atoms with E-state index in [0.29, 0.717) is 13.0 Å². The highest BCUT2D eigenvalue weighted by Crippen LogP contribution is 2.13. The molecule has 0 fully saturated rings. The van der Waals surface area contributed by atoms with Crippen LogP contribution in [0.15, 0.2) is 29.2 Å². The van der Waals surface area contributed by atoms with E-state index in [4.69, 9.17) is 0 Å². The minimum Gasteiger partial charge on any atom is -0.355 e. The van der Waals surface area contributed by atoms with E-state index >= 15 is 0 Å². The van der Waals surface area contributed by atoms with Crippen LogP contribution in [0.3, 0.4) is 0 Å². The molecule has 7 nitrogen and oxygen atoms in total. The zero-order chi connectivity index (χ0) is 19.7. The molecule has 0 aliphatic heterocycles. The van der Waals surface area contributed by atoms with Crippen LogP contribution in [0.5, 0.6) is 0 Å². The first-order chi connectivity index (χ1) is 12.2. The average molecular weight is 384 g/mol. The van der Waals surface area contributed by atoms with Crippen LogP contribution in [0.4, 0.5) is 0 Å². The molecule has 0 aliphatic carbocycles. The summed E-state index contributed by atoms with van der Waals surface area (Å²) >= 11 is 0. The van der Waals surface area contributed by atoms with Gasteiger partial charge in [-0.15, -0.1) is 0 Å². The van der Waals surface area contributed by atoms with E-state index in [1.54, 1.807) is 12.1 Å². The Bertz CT molecular complexity index is 700. The molecule has 1 aromatic rings. The second-order valence-electron chi connectivity index (χ2n) is 6.68. The summed E-state index contributed by atoms with van der Waals surface area (Å²) in [5.74, 6) is -0.716. The maximum atomic E-state index is 12.5. The van der Waals surface area contributed by atoms with E-state index in [9.17, 15) is 18.0 Å². The van der Waals surface area contributed by atoms with Crippen molar-refractivity contribution in [1.82, 2.24) is 15.4 Å². The predicted octanol–water partition coefficient (Wildman–Crippen LogP) is 1.33. The van der Waals surface area contributed by atoms with Gasteiger partial charge in [-0.2, -0.15) is 4.72 Å². The van der Waals surface area contributed by atoms with Crippen LogP contribution in [-0.4, -0.2) is 39.4 Å². The van der Waals surface area contributed by atoms with Crippen LogP contribution in [0.2, 0.25) is 0 Å². The fourth-order valence-corrected chi connectivity index (χ4v) is 3.48. The van der Waals surface area contributed by atoms with Crippen molar-refractivity contribution in [1.29, 1.82) is 0 Å². The average Bonchev–Trinajstić information content (AvgIpc) is 2.57. The molecule has 26 heavy (non-hydrogen) atoms. The highest BCUT2D eigenvalue weighted by molar-refractivity contribution is 7.89. The Morgan fingerprint density at radius 1 is 1.08 bits per heavy atom. The van der Waals surface area contributed by atoms with Crippen molar-refractivity contribution in [2.45, 2.75) is 51.5 Å². The zero-order valence-electron chi connectivity index (χ0n) is 15.8. The van der Waals surface area contributed by atoms with Crippen molar-refractivity contribution >= 4 is 21.8 Å². The Balaban J connectivity index is 2.80. The molecule has 0 aliphatic rings. The maximum absolute atomic E-state index is 12.5. The van der Waals surface area contributed by atoms with Gasteiger partial charge in [0.05, 0.1) is 11.4 Å². The van der Waals surface area contributed by atoms with E-state index in [-0.39, 0.29) is 23.3 Å². The second-order valence-corrected chi connectivity index (χ2v) is 8.40. The van der Waals surface area contributed by atoms with Crippen LogP contribution in [0, 0.1) is 12.8 Å². The van der Waals surface area contributed by atoms with Crippen molar-refractivity contribution in [2.24, 2.45) is 5.92 Å². The Labute approximate surface area is 156 Å². The largest absolute Gasteiger partial charge is 0.355 e. The molecule has 0 saturated carbocycles. The highest BCUT2D eigenvalue weighted by Gasteiger charge is 2.26. The number of carbonyl (C=O) groups is 2. The minimum absolute atomic E-state index is 0.0976. The fourth-order valence-electron chi connectivity index (χ4n) is 2.27. The number of sulfonamides is 1. The monoisotopic (exact) mass is 383 g/mol. The Hall–Kier alpha value is -1.93. The lowest BCUT2D eigenvalue weighted by molar-refractivity contribution is -0.127. The van der Waals surface area contributed by atoms with Gasteiger partial charge >= 0.3 is 0 Å². The number of hydrogen-bond donors (Lipinski definition) is 3. The third-order valence-electron chi connectivity index (χ3n) is 3.65. The lowest BCUT2D eigenvalue weighted by Crippen LogP contribution is -2.49. The SMILES string of the molecule is CCCNC(=O)CNC(=O)[C@H](CC(C)C)NS(=O)(=O)c1ccc(C)cc1. The van der Waals surface area contributed by atoms with Crippen LogP contribution in [0.25, 0.3) is 0 Å². The van der Waals surface area contributed by atoms with Crippen molar-refractivity contribution in [3.05, 3.63) is 29.8 Å². The molecule has 0 heterocycles. The number of benzene rings is 1. The summed E-state index contributed by atoms with van der Waals surface area (Å²) < 4.78 is 27.6. The summed E-state index contributed by atoms with van der Waals surface area (Å²) in [5.41, 5.74) is 0.943. The fraction of sp³-hybridized carbons (Fsp3) is 0.556. The smallest absolute Gasteiger partial charge is 0.241 e. The van der Waals surface area contributed by atoms with E-state index in [2.05, 4.69) is 15.4 Å². The van der Waals surface area contributed by atoms with Gasteiger partial charge in [-0.25, -0.2) is 8.42 Å². The van der Waals surface area contributed by atoms with Gasteiger partial charge in [0.15, 0.2) is 0 Å². The Morgan fingerprint density at radius 2 is 1.69 bits per heavy atom. The van der Waals surface area contributed by atoms with Gasteiger partial charge in [-0.3, -0.25) is 9.59 Å². The molecule has 0 radical (unpaired) electrons. The molecule has 0 saturated heterocycles. The Kier molecular flexibility index (Phi) is 8.74. The molecule has 0 bridgehead atoms. The predicted molar refractivity (Wildman–Crippen MR) is 101 cm³/mol. The molecule has 0 unspecified atom stereocenters. The number of amides is 2. The van der Waals surface area contributed by atoms with Gasteiger partial charge in [0.1, 0.15) is 6.04 Å². The number of rotatable bonds is 10. The molecular weight excluding hydrogens is 354 g/mol. The minimum atomic E-state index is -3.83. The van der Waals surface area contributed by atoms with Gasteiger partial charge in [-0.05, 0) is 37.8 Å². The van der Waals surface area contributed by atoms with Gasteiger partial charge in [0.2, 0.25) is 21.8 Å². The van der Waals surface area contributed by atoms with E-state index < -0.39 is 22.0 Å². The van der Waals surface area contributed by atoms with Gasteiger partial charge in [0, 0.05) is 6.54 Å². The first kappa shape index (κ1) is 22.1. The molecule has 8 heteroatoms. The standard InChI is InChI=1S/C18H29N3O4S/c1-5-10-19-17(22)12-20-18(23)16(11-13(2)3)21-26(24,25)15-8-6-14(4)7-9-15/h6-9,13,16,21H,5,10-12H2,1-4H3,(H,19,22)(H,20,23)/t16-/m0/s1.